The second kappa shape index (κ2) is 6.37. The summed E-state index contributed by atoms with van der Waals surface area (Å²) in [6.45, 7) is 6.62. The van der Waals surface area contributed by atoms with Gasteiger partial charge in [-0.05, 0) is 40.7 Å². The zero-order valence-corrected chi connectivity index (χ0v) is 14.0. The molecule has 0 fully saturated rings. The van der Waals surface area contributed by atoms with Gasteiger partial charge in [-0.25, -0.2) is 4.39 Å². The van der Waals surface area contributed by atoms with Crippen molar-refractivity contribution in [2.24, 2.45) is 0 Å². The number of hydrogen-bond donors (Lipinski definition) is 0. The third-order valence-electron chi connectivity index (χ3n) is 4.10. The van der Waals surface area contributed by atoms with Gasteiger partial charge in [0, 0.05) is 5.02 Å². The lowest BCUT2D eigenvalue weighted by Gasteiger charge is -2.24. The van der Waals surface area contributed by atoms with E-state index in [1.54, 1.807) is 6.07 Å². The average molecular weight is 325 g/mol. The fourth-order valence-electron chi connectivity index (χ4n) is 2.19. The number of halogens is 3. The van der Waals surface area contributed by atoms with Gasteiger partial charge in [0.1, 0.15) is 5.82 Å². The first-order valence-corrected chi connectivity index (χ1v) is 7.86. The molecule has 0 heterocycles. The SMILES string of the molecule is CCC(C)(C)c1ccc(C(Cl)c2ccc(F)cc2Cl)cc1. The molecule has 2 aromatic carbocycles. The summed E-state index contributed by atoms with van der Waals surface area (Å²) in [4.78, 5) is 0. The molecule has 0 spiro atoms. The van der Waals surface area contributed by atoms with Crippen LogP contribution < -0.4 is 0 Å². The van der Waals surface area contributed by atoms with Crippen LogP contribution in [0.25, 0.3) is 0 Å². The topological polar surface area (TPSA) is 0 Å². The van der Waals surface area contributed by atoms with E-state index >= 15 is 0 Å². The van der Waals surface area contributed by atoms with Crippen LogP contribution >= 0.6 is 23.2 Å². The van der Waals surface area contributed by atoms with Crippen molar-refractivity contribution in [3.05, 3.63) is 70.0 Å². The second-order valence-electron chi connectivity index (χ2n) is 5.89. The molecule has 0 aliphatic rings. The lowest BCUT2D eigenvalue weighted by Crippen LogP contribution is -2.15. The molecular formula is C18H19Cl2F. The first kappa shape index (κ1) is 16.3. The van der Waals surface area contributed by atoms with E-state index in [1.807, 2.05) is 12.1 Å². The van der Waals surface area contributed by atoms with Crippen LogP contribution in [0.4, 0.5) is 4.39 Å². The van der Waals surface area contributed by atoms with Crippen molar-refractivity contribution >= 4 is 23.2 Å². The Kier molecular flexibility index (Phi) is 4.95. The molecule has 0 bridgehead atoms. The third kappa shape index (κ3) is 3.59. The van der Waals surface area contributed by atoms with Gasteiger partial charge in [-0.2, -0.15) is 0 Å². The summed E-state index contributed by atoms with van der Waals surface area (Å²) in [6, 6.07) is 12.6. The van der Waals surface area contributed by atoms with Gasteiger partial charge in [0.2, 0.25) is 0 Å². The summed E-state index contributed by atoms with van der Waals surface area (Å²) in [7, 11) is 0. The van der Waals surface area contributed by atoms with Gasteiger partial charge in [-0.1, -0.05) is 62.7 Å². The van der Waals surface area contributed by atoms with Gasteiger partial charge in [0.25, 0.3) is 0 Å². The largest absolute Gasteiger partial charge is 0.207 e. The van der Waals surface area contributed by atoms with Gasteiger partial charge in [-0.3, -0.25) is 0 Å². The second-order valence-corrected chi connectivity index (χ2v) is 6.73. The van der Waals surface area contributed by atoms with Crippen LogP contribution in [-0.4, -0.2) is 0 Å². The molecule has 21 heavy (non-hydrogen) atoms. The Hall–Kier alpha value is -1.05. The molecule has 0 nitrogen and oxygen atoms in total. The van der Waals surface area contributed by atoms with E-state index in [4.69, 9.17) is 23.2 Å². The van der Waals surface area contributed by atoms with Gasteiger partial charge in [-0.15, -0.1) is 11.6 Å². The number of hydrogen-bond acceptors (Lipinski definition) is 0. The maximum absolute atomic E-state index is 13.1. The van der Waals surface area contributed by atoms with E-state index in [0.717, 1.165) is 17.5 Å². The summed E-state index contributed by atoms with van der Waals surface area (Å²) >= 11 is 12.6. The van der Waals surface area contributed by atoms with E-state index in [9.17, 15) is 4.39 Å². The van der Waals surface area contributed by atoms with E-state index in [-0.39, 0.29) is 16.6 Å². The van der Waals surface area contributed by atoms with Crippen molar-refractivity contribution in [1.82, 2.24) is 0 Å². The predicted octanol–water partition coefficient (Wildman–Crippen LogP) is 6.49. The first-order valence-electron chi connectivity index (χ1n) is 7.04. The summed E-state index contributed by atoms with van der Waals surface area (Å²) in [5, 5.41) is -0.0233. The minimum Gasteiger partial charge on any atom is -0.207 e. The van der Waals surface area contributed by atoms with Crippen molar-refractivity contribution in [2.75, 3.05) is 0 Å². The van der Waals surface area contributed by atoms with Gasteiger partial charge in [0.05, 0.1) is 5.38 Å². The number of benzene rings is 2. The third-order valence-corrected chi connectivity index (χ3v) is 4.92. The average Bonchev–Trinajstić information content (AvgIpc) is 2.47. The molecule has 2 aromatic rings. The van der Waals surface area contributed by atoms with Crippen LogP contribution in [0.15, 0.2) is 42.5 Å². The smallest absolute Gasteiger partial charge is 0.124 e. The lowest BCUT2D eigenvalue weighted by atomic mass is 9.82. The van der Waals surface area contributed by atoms with Crippen molar-refractivity contribution in [2.45, 2.75) is 38.0 Å². The van der Waals surface area contributed by atoms with Crippen LogP contribution in [-0.2, 0) is 5.41 Å². The minimum absolute atomic E-state index is 0.147. The Morgan fingerprint density at radius 3 is 2.24 bits per heavy atom. The Morgan fingerprint density at radius 1 is 1.10 bits per heavy atom. The highest BCUT2D eigenvalue weighted by atomic mass is 35.5. The minimum atomic E-state index is -0.378. The van der Waals surface area contributed by atoms with Gasteiger partial charge >= 0.3 is 0 Å². The zero-order chi connectivity index (χ0) is 15.6. The lowest BCUT2D eigenvalue weighted by molar-refractivity contribution is 0.506. The van der Waals surface area contributed by atoms with Crippen molar-refractivity contribution in [3.63, 3.8) is 0 Å². The fraction of sp³-hybridized carbons (Fsp3) is 0.333. The molecule has 2 rings (SSSR count). The molecule has 3 heteroatoms. The zero-order valence-electron chi connectivity index (χ0n) is 12.5. The Bertz CT molecular complexity index is 618. The Balaban J connectivity index is 2.30. The number of alkyl halides is 1. The van der Waals surface area contributed by atoms with Crippen molar-refractivity contribution < 1.29 is 4.39 Å². The maximum Gasteiger partial charge on any atom is 0.124 e. The monoisotopic (exact) mass is 324 g/mol. The van der Waals surface area contributed by atoms with E-state index in [1.165, 1.54) is 17.7 Å². The predicted molar refractivity (Wildman–Crippen MR) is 88.9 cm³/mol. The molecular weight excluding hydrogens is 306 g/mol. The maximum atomic E-state index is 13.1. The molecule has 1 unspecified atom stereocenters. The van der Waals surface area contributed by atoms with Crippen LogP contribution in [0.5, 0.6) is 0 Å². The molecule has 0 N–H and O–H groups in total. The molecule has 1 atom stereocenters. The quantitative estimate of drug-likeness (QED) is 0.563. The Morgan fingerprint density at radius 2 is 1.71 bits per heavy atom. The highest BCUT2D eigenvalue weighted by molar-refractivity contribution is 6.33. The van der Waals surface area contributed by atoms with Crippen LogP contribution in [0.3, 0.4) is 0 Å². The summed E-state index contributed by atoms with van der Waals surface area (Å²) in [5.74, 6) is -0.354. The van der Waals surface area contributed by atoms with Crippen molar-refractivity contribution in [3.8, 4) is 0 Å². The van der Waals surface area contributed by atoms with Crippen LogP contribution in [0, 0.1) is 5.82 Å². The van der Waals surface area contributed by atoms with E-state index < -0.39 is 0 Å². The Labute approximate surface area is 135 Å². The summed E-state index contributed by atoms with van der Waals surface area (Å²) in [5.41, 5.74) is 3.11. The van der Waals surface area contributed by atoms with Crippen molar-refractivity contribution in [1.29, 1.82) is 0 Å². The summed E-state index contributed by atoms with van der Waals surface area (Å²) in [6.07, 6.45) is 1.07. The number of rotatable bonds is 4. The molecule has 0 amide bonds. The molecule has 112 valence electrons. The molecule has 0 aromatic heterocycles. The molecule has 0 saturated carbocycles. The van der Waals surface area contributed by atoms with Crippen LogP contribution in [0.1, 0.15) is 49.3 Å². The first-order chi connectivity index (χ1) is 9.85. The molecule has 0 aliphatic carbocycles. The molecule has 0 aliphatic heterocycles. The van der Waals surface area contributed by atoms with Crippen LogP contribution in [0.2, 0.25) is 5.02 Å². The highest BCUT2D eigenvalue weighted by Gasteiger charge is 2.19. The normalized spacial score (nSPS) is 13.2. The standard InChI is InChI=1S/C18H19Cl2F/c1-4-18(2,3)13-7-5-12(6-8-13)17(20)15-10-9-14(21)11-16(15)19/h5-11,17H,4H2,1-3H3. The molecule has 0 radical (unpaired) electrons. The fourth-order valence-corrected chi connectivity index (χ4v) is 2.86. The van der Waals surface area contributed by atoms with E-state index in [0.29, 0.717) is 5.02 Å². The van der Waals surface area contributed by atoms with E-state index in [2.05, 4.69) is 32.9 Å². The van der Waals surface area contributed by atoms with Gasteiger partial charge < -0.3 is 0 Å². The summed E-state index contributed by atoms with van der Waals surface area (Å²) < 4.78 is 13.1. The van der Waals surface area contributed by atoms with Gasteiger partial charge in [0.15, 0.2) is 0 Å². The molecule has 0 saturated heterocycles. The highest BCUT2D eigenvalue weighted by Crippen LogP contribution is 2.35.